The predicted octanol–water partition coefficient (Wildman–Crippen LogP) is 0.496. The topological polar surface area (TPSA) is 66.1 Å². The second-order valence-electron chi connectivity index (χ2n) is 4.12. The number of nitrogens with one attached hydrogen (secondary N) is 1. The van der Waals surface area contributed by atoms with E-state index in [-0.39, 0.29) is 11.5 Å². The third-order valence-corrected chi connectivity index (χ3v) is 3.06. The van der Waals surface area contributed by atoms with Crippen molar-refractivity contribution in [1.29, 1.82) is 0 Å². The quantitative estimate of drug-likeness (QED) is 0.750. The zero-order valence-electron chi connectivity index (χ0n) is 9.27. The van der Waals surface area contributed by atoms with E-state index in [2.05, 4.69) is 9.97 Å². The van der Waals surface area contributed by atoms with Gasteiger partial charge in [0.25, 0.3) is 5.56 Å². The number of hydrogen-bond donors (Lipinski definition) is 1. The lowest BCUT2D eigenvalue weighted by Gasteiger charge is -2.30. The van der Waals surface area contributed by atoms with Crippen molar-refractivity contribution < 1.29 is 4.79 Å². The Balaban J connectivity index is 2.04. The van der Waals surface area contributed by atoms with Crippen molar-refractivity contribution in [3.63, 3.8) is 0 Å². The van der Waals surface area contributed by atoms with Crippen LogP contribution in [0.2, 0.25) is 0 Å². The highest BCUT2D eigenvalue weighted by Crippen LogP contribution is 2.25. The monoisotopic (exact) mass is 221 g/mol. The number of likely N-dealkylation sites (tertiary alicyclic amines) is 1. The molecular weight excluding hydrogens is 206 g/mol. The highest BCUT2D eigenvalue weighted by molar-refractivity contribution is 5.73. The van der Waals surface area contributed by atoms with Crippen LogP contribution in [-0.2, 0) is 4.79 Å². The zero-order valence-corrected chi connectivity index (χ0v) is 9.27. The van der Waals surface area contributed by atoms with E-state index in [9.17, 15) is 9.59 Å². The lowest BCUT2D eigenvalue weighted by atomic mass is 9.93. The molecule has 1 aromatic heterocycles. The molecule has 1 aromatic rings. The Labute approximate surface area is 93.5 Å². The lowest BCUT2D eigenvalue weighted by Crippen LogP contribution is -2.36. The van der Waals surface area contributed by atoms with Gasteiger partial charge in [0.1, 0.15) is 0 Å². The third-order valence-electron chi connectivity index (χ3n) is 3.06. The fourth-order valence-electron chi connectivity index (χ4n) is 2.10. The number of carbonyl (C=O) groups is 1. The van der Waals surface area contributed by atoms with Crippen LogP contribution >= 0.6 is 0 Å². The van der Waals surface area contributed by atoms with Crippen LogP contribution in [0.15, 0.2) is 17.2 Å². The number of H-pyrrole nitrogens is 1. The first-order valence-corrected chi connectivity index (χ1v) is 5.47. The molecule has 0 unspecified atom stereocenters. The van der Waals surface area contributed by atoms with E-state index in [1.54, 1.807) is 13.0 Å². The maximum atomic E-state index is 11.2. The van der Waals surface area contributed by atoms with Gasteiger partial charge in [-0.1, -0.05) is 0 Å². The summed E-state index contributed by atoms with van der Waals surface area (Å²) in [6, 6.07) is 1.55. The molecule has 0 aliphatic carbocycles. The molecule has 0 radical (unpaired) electrons. The Morgan fingerprint density at radius 3 is 2.75 bits per heavy atom. The Morgan fingerprint density at radius 1 is 1.50 bits per heavy atom. The van der Waals surface area contributed by atoms with Crippen LogP contribution in [0.4, 0.5) is 0 Å². The Morgan fingerprint density at radius 2 is 2.19 bits per heavy atom. The van der Waals surface area contributed by atoms with Gasteiger partial charge < -0.3 is 9.88 Å². The van der Waals surface area contributed by atoms with Crippen molar-refractivity contribution in [2.75, 3.05) is 13.1 Å². The summed E-state index contributed by atoms with van der Waals surface area (Å²) in [5, 5.41) is 0. The van der Waals surface area contributed by atoms with Gasteiger partial charge in [0, 0.05) is 32.0 Å². The third kappa shape index (κ3) is 2.29. The normalized spacial score (nSPS) is 17.4. The molecule has 5 nitrogen and oxygen atoms in total. The van der Waals surface area contributed by atoms with Crippen molar-refractivity contribution in [3.8, 4) is 0 Å². The molecule has 0 atom stereocenters. The van der Waals surface area contributed by atoms with Crippen LogP contribution in [-0.4, -0.2) is 33.9 Å². The molecule has 1 saturated heterocycles. The summed E-state index contributed by atoms with van der Waals surface area (Å²) in [5.74, 6) is 0.426. The molecule has 1 aliphatic heterocycles. The molecule has 5 heteroatoms. The molecule has 0 spiro atoms. The van der Waals surface area contributed by atoms with E-state index in [1.165, 1.54) is 6.33 Å². The molecule has 0 saturated carbocycles. The van der Waals surface area contributed by atoms with Gasteiger partial charge in [0.2, 0.25) is 5.91 Å². The average Bonchev–Trinajstić information content (AvgIpc) is 2.29. The summed E-state index contributed by atoms with van der Waals surface area (Å²) in [6.45, 7) is 3.11. The van der Waals surface area contributed by atoms with Crippen molar-refractivity contribution in [2.45, 2.75) is 25.7 Å². The minimum atomic E-state index is -0.112. The fraction of sp³-hybridized carbons (Fsp3) is 0.545. The van der Waals surface area contributed by atoms with E-state index < -0.39 is 0 Å². The molecule has 2 rings (SSSR count). The number of rotatable bonds is 1. The smallest absolute Gasteiger partial charge is 0.250 e. The molecule has 2 heterocycles. The molecule has 0 aromatic carbocycles. The van der Waals surface area contributed by atoms with Gasteiger partial charge in [-0.15, -0.1) is 0 Å². The first-order valence-electron chi connectivity index (χ1n) is 5.47. The highest BCUT2D eigenvalue weighted by Gasteiger charge is 2.22. The number of aromatic amines is 1. The standard InChI is InChI=1S/C11H15N3O2/c1-8(15)14-4-2-9(3-5-14)10-6-11(16)13-7-12-10/h6-7,9H,2-5H2,1H3,(H,12,13,16). The maximum absolute atomic E-state index is 11.2. The number of hydrogen-bond acceptors (Lipinski definition) is 3. The highest BCUT2D eigenvalue weighted by atomic mass is 16.2. The Kier molecular flexibility index (Phi) is 3.03. The van der Waals surface area contributed by atoms with Gasteiger partial charge >= 0.3 is 0 Å². The summed E-state index contributed by atoms with van der Waals surface area (Å²) >= 11 is 0. The molecule has 1 aliphatic rings. The van der Waals surface area contributed by atoms with Crippen LogP contribution in [0, 0.1) is 0 Å². The number of carbonyl (C=O) groups excluding carboxylic acids is 1. The van der Waals surface area contributed by atoms with Gasteiger partial charge in [0.15, 0.2) is 0 Å². The number of piperidine rings is 1. The zero-order chi connectivity index (χ0) is 11.5. The number of aromatic nitrogens is 2. The molecule has 86 valence electrons. The summed E-state index contributed by atoms with van der Waals surface area (Å²) in [6.07, 6.45) is 3.21. The molecule has 1 amide bonds. The maximum Gasteiger partial charge on any atom is 0.250 e. The van der Waals surface area contributed by atoms with Crippen molar-refractivity contribution in [2.24, 2.45) is 0 Å². The van der Waals surface area contributed by atoms with Gasteiger partial charge in [-0.3, -0.25) is 9.59 Å². The molecule has 0 bridgehead atoms. The van der Waals surface area contributed by atoms with Crippen molar-refractivity contribution in [3.05, 3.63) is 28.4 Å². The van der Waals surface area contributed by atoms with Crippen LogP contribution in [0.3, 0.4) is 0 Å². The first kappa shape index (κ1) is 10.9. The fourth-order valence-corrected chi connectivity index (χ4v) is 2.10. The minimum Gasteiger partial charge on any atom is -0.343 e. The van der Waals surface area contributed by atoms with Crippen LogP contribution < -0.4 is 5.56 Å². The number of amides is 1. The number of nitrogens with zero attached hydrogens (tertiary/aromatic N) is 2. The SMILES string of the molecule is CC(=O)N1CCC(c2cc(=O)[nH]cn2)CC1. The summed E-state index contributed by atoms with van der Waals surface area (Å²) < 4.78 is 0. The average molecular weight is 221 g/mol. The summed E-state index contributed by atoms with van der Waals surface area (Å²) in [7, 11) is 0. The van der Waals surface area contributed by atoms with Crippen LogP contribution in [0.1, 0.15) is 31.4 Å². The molecule has 1 N–H and O–H groups in total. The van der Waals surface area contributed by atoms with E-state index in [4.69, 9.17) is 0 Å². The Hall–Kier alpha value is -1.65. The van der Waals surface area contributed by atoms with Crippen LogP contribution in [0.25, 0.3) is 0 Å². The van der Waals surface area contributed by atoms with E-state index >= 15 is 0 Å². The summed E-state index contributed by atoms with van der Waals surface area (Å²) in [5.41, 5.74) is 0.728. The summed E-state index contributed by atoms with van der Waals surface area (Å²) in [4.78, 5) is 30.8. The van der Waals surface area contributed by atoms with E-state index in [1.807, 2.05) is 4.90 Å². The van der Waals surface area contributed by atoms with E-state index in [0.717, 1.165) is 31.6 Å². The van der Waals surface area contributed by atoms with Gasteiger partial charge in [-0.25, -0.2) is 4.98 Å². The van der Waals surface area contributed by atoms with Crippen LogP contribution in [0.5, 0.6) is 0 Å². The molecule has 16 heavy (non-hydrogen) atoms. The second-order valence-corrected chi connectivity index (χ2v) is 4.12. The van der Waals surface area contributed by atoms with Gasteiger partial charge in [-0.2, -0.15) is 0 Å². The van der Waals surface area contributed by atoms with Gasteiger partial charge in [-0.05, 0) is 12.8 Å². The van der Waals surface area contributed by atoms with E-state index in [0.29, 0.717) is 5.92 Å². The Bertz CT molecular complexity index is 433. The van der Waals surface area contributed by atoms with Gasteiger partial charge in [0.05, 0.1) is 12.0 Å². The second kappa shape index (κ2) is 4.47. The van der Waals surface area contributed by atoms with Crippen molar-refractivity contribution in [1.82, 2.24) is 14.9 Å². The minimum absolute atomic E-state index is 0.112. The largest absolute Gasteiger partial charge is 0.343 e. The van der Waals surface area contributed by atoms with Crippen molar-refractivity contribution >= 4 is 5.91 Å². The molecule has 1 fully saturated rings. The predicted molar refractivity (Wildman–Crippen MR) is 59.1 cm³/mol. The molecular formula is C11H15N3O2. The lowest BCUT2D eigenvalue weighted by molar-refractivity contribution is -0.129. The first-order chi connectivity index (χ1) is 7.66.